The van der Waals surface area contributed by atoms with Crippen molar-refractivity contribution in [2.45, 2.75) is 0 Å². The van der Waals surface area contributed by atoms with E-state index in [9.17, 15) is 0 Å². The molecule has 12 rings (SSSR count). The topological polar surface area (TPSA) is 16.4 Å². The van der Waals surface area contributed by atoms with Crippen molar-refractivity contribution in [1.29, 1.82) is 0 Å². The average Bonchev–Trinajstić information content (AvgIpc) is 3.79. The van der Waals surface area contributed by atoms with E-state index in [4.69, 9.17) is 4.42 Å². The highest BCUT2D eigenvalue weighted by molar-refractivity contribution is 6.12. The van der Waals surface area contributed by atoms with Gasteiger partial charge in [-0.25, -0.2) is 0 Å². The average molecular weight is 842 g/mol. The van der Waals surface area contributed by atoms with Gasteiger partial charge >= 0.3 is 0 Å². The van der Waals surface area contributed by atoms with Crippen molar-refractivity contribution in [1.82, 2.24) is 0 Å². The van der Waals surface area contributed by atoms with E-state index in [2.05, 4.69) is 254 Å². The molecule has 11 aromatic carbocycles. The van der Waals surface area contributed by atoms with Crippen LogP contribution in [0.4, 0.5) is 17.1 Å². The van der Waals surface area contributed by atoms with Crippen LogP contribution in [0.5, 0.6) is 0 Å². The van der Waals surface area contributed by atoms with Gasteiger partial charge in [0.05, 0.1) is 0 Å². The second kappa shape index (κ2) is 16.8. The fraction of sp³-hybridized carbons (Fsp3) is 0. The van der Waals surface area contributed by atoms with Gasteiger partial charge in [0.2, 0.25) is 0 Å². The first kappa shape index (κ1) is 38.9. The van der Waals surface area contributed by atoms with Gasteiger partial charge in [0.1, 0.15) is 11.2 Å². The summed E-state index contributed by atoms with van der Waals surface area (Å²) in [6, 6.07) is 93.9. The van der Waals surface area contributed by atoms with E-state index in [-0.39, 0.29) is 0 Å². The molecular weight excluding hydrogens is 799 g/mol. The number of anilines is 3. The summed E-state index contributed by atoms with van der Waals surface area (Å²) in [7, 11) is 0. The summed E-state index contributed by atoms with van der Waals surface area (Å²) in [6.45, 7) is 0. The predicted molar refractivity (Wildman–Crippen MR) is 279 cm³/mol. The first-order chi connectivity index (χ1) is 32.7. The lowest BCUT2D eigenvalue weighted by Crippen LogP contribution is -2.10. The zero-order valence-corrected chi connectivity index (χ0v) is 36.2. The number of hydrogen-bond donors (Lipinski definition) is 0. The standard InChI is InChI=1S/C64H43NO/c1-3-14-44(15-4-1)52-40-53(45-16-5-2-6-17-45)42-54(41-52)48-34-38-56(39-35-48)65(57-21-11-20-51(43-57)60-25-13-27-63-64(60)61-23-9-10-26-62(61)66-63)55-36-32-47(33-37-55)46-28-30-50(31-29-46)59-24-12-19-49-18-7-8-22-58(49)59/h1-43H. The van der Waals surface area contributed by atoms with E-state index >= 15 is 0 Å². The second-order valence-corrected chi connectivity index (χ2v) is 16.9. The van der Waals surface area contributed by atoms with E-state index in [0.29, 0.717) is 0 Å². The zero-order chi connectivity index (χ0) is 43.8. The molecule has 0 saturated carbocycles. The zero-order valence-electron chi connectivity index (χ0n) is 36.2. The first-order valence-corrected chi connectivity index (χ1v) is 22.6. The molecule has 0 radical (unpaired) electrons. The van der Waals surface area contributed by atoms with E-state index in [1.165, 1.54) is 60.8 Å². The van der Waals surface area contributed by atoms with Gasteiger partial charge in [-0.2, -0.15) is 0 Å². The lowest BCUT2D eigenvalue weighted by Gasteiger charge is -2.26. The molecule has 310 valence electrons. The van der Waals surface area contributed by atoms with Crippen molar-refractivity contribution in [3.63, 3.8) is 0 Å². The van der Waals surface area contributed by atoms with Gasteiger partial charge < -0.3 is 9.32 Å². The molecule has 1 heterocycles. The summed E-state index contributed by atoms with van der Waals surface area (Å²) < 4.78 is 6.33. The normalized spacial score (nSPS) is 11.3. The van der Waals surface area contributed by atoms with Gasteiger partial charge in [0, 0.05) is 27.8 Å². The molecule has 0 unspecified atom stereocenters. The van der Waals surface area contributed by atoms with Gasteiger partial charge in [-0.3, -0.25) is 0 Å². The van der Waals surface area contributed by atoms with E-state index in [1.807, 2.05) is 12.1 Å². The quantitative estimate of drug-likeness (QED) is 0.144. The molecule has 0 fully saturated rings. The Morgan fingerprint density at radius 2 is 0.682 bits per heavy atom. The number of nitrogens with zero attached hydrogens (tertiary/aromatic N) is 1. The van der Waals surface area contributed by atoms with Crippen molar-refractivity contribution in [3.8, 4) is 66.8 Å². The van der Waals surface area contributed by atoms with Crippen molar-refractivity contribution in [2.24, 2.45) is 0 Å². The minimum Gasteiger partial charge on any atom is -0.456 e. The molecule has 66 heavy (non-hydrogen) atoms. The Morgan fingerprint density at radius 3 is 1.33 bits per heavy atom. The van der Waals surface area contributed by atoms with Crippen LogP contribution >= 0.6 is 0 Å². The first-order valence-electron chi connectivity index (χ1n) is 22.6. The molecule has 0 spiro atoms. The summed E-state index contributed by atoms with van der Waals surface area (Å²) in [5.41, 5.74) is 19.2. The highest BCUT2D eigenvalue weighted by atomic mass is 16.3. The maximum Gasteiger partial charge on any atom is 0.136 e. The van der Waals surface area contributed by atoms with Crippen LogP contribution in [-0.2, 0) is 0 Å². The number of benzene rings is 11. The van der Waals surface area contributed by atoms with Crippen LogP contribution in [0.1, 0.15) is 0 Å². The van der Waals surface area contributed by atoms with Crippen LogP contribution in [0.3, 0.4) is 0 Å². The summed E-state index contributed by atoms with van der Waals surface area (Å²) in [6.07, 6.45) is 0. The number of para-hydroxylation sites is 1. The van der Waals surface area contributed by atoms with E-state index < -0.39 is 0 Å². The minimum atomic E-state index is 0.888. The maximum atomic E-state index is 6.33. The van der Waals surface area contributed by atoms with Gasteiger partial charge in [0.15, 0.2) is 0 Å². The predicted octanol–water partition coefficient (Wildman–Crippen LogP) is 18.2. The smallest absolute Gasteiger partial charge is 0.136 e. The maximum absolute atomic E-state index is 6.33. The SMILES string of the molecule is c1ccc(-c2cc(-c3ccccc3)cc(-c3ccc(N(c4ccc(-c5ccc(-c6cccc7ccccc67)cc5)cc4)c4cccc(-c5cccc6oc7ccccc7c56)c4)cc3)c2)cc1. The molecule has 0 amide bonds. The van der Waals surface area contributed by atoms with Crippen LogP contribution < -0.4 is 4.90 Å². The molecule has 0 N–H and O–H groups in total. The van der Waals surface area contributed by atoms with Crippen LogP contribution in [0.15, 0.2) is 265 Å². The molecule has 2 nitrogen and oxygen atoms in total. The molecule has 2 heteroatoms. The summed E-state index contributed by atoms with van der Waals surface area (Å²) in [4.78, 5) is 2.37. The Kier molecular flexibility index (Phi) is 9.89. The molecule has 12 aromatic rings. The molecule has 0 aliphatic rings. The van der Waals surface area contributed by atoms with Crippen LogP contribution in [0.25, 0.3) is 99.5 Å². The summed E-state index contributed by atoms with van der Waals surface area (Å²) in [5, 5.41) is 4.76. The van der Waals surface area contributed by atoms with Crippen LogP contribution in [0, 0.1) is 0 Å². The third kappa shape index (κ3) is 7.31. The number of hydrogen-bond acceptors (Lipinski definition) is 2. The van der Waals surface area contributed by atoms with Crippen LogP contribution in [0.2, 0.25) is 0 Å². The van der Waals surface area contributed by atoms with Crippen molar-refractivity contribution < 1.29 is 4.42 Å². The van der Waals surface area contributed by atoms with Crippen molar-refractivity contribution in [2.75, 3.05) is 4.90 Å². The van der Waals surface area contributed by atoms with Gasteiger partial charge in [0.25, 0.3) is 0 Å². The molecule has 0 aliphatic carbocycles. The van der Waals surface area contributed by atoms with Gasteiger partial charge in [-0.15, -0.1) is 0 Å². The Bertz CT molecular complexity index is 3600. The monoisotopic (exact) mass is 841 g/mol. The fourth-order valence-electron chi connectivity index (χ4n) is 9.59. The molecular formula is C64H43NO. The number of fused-ring (bicyclic) bond motifs is 4. The van der Waals surface area contributed by atoms with Crippen LogP contribution in [-0.4, -0.2) is 0 Å². The minimum absolute atomic E-state index is 0.888. The van der Waals surface area contributed by atoms with Crippen molar-refractivity contribution >= 4 is 49.8 Å². The molecule has 1 aromatic heterocycles. The Balaban J connectivity index is 0.940. The van der Waals surface area contributed by atoms with E-state index in [0.717, 1.165) is 55.7 Å². The fourth-order valence-corrected chi connectivity index (χ4v) is 9.59. The highest BCUT2D eigenvalue weighted by Gasteiger charge is 2.18. The number of furan rings is 1. The largest absolute Gasteiger partial charge is 0.456 e. The Hall–Kier alpha value is -8.72. The summed E-state index contributed by atoms with van der Waals surface area (Å²) in [5.74, 6) is 0. The highest BCUT2D eigenvalue weighted by Crippen LogP contribution is 2.42. The lowest BCUT2D eigenvalue weighted by molar-refractivity contribution is 0.669. The van der Waals surface area contributed by atoms with E-state index in [1.54, 1.807) is 0 Å². The lowest BCUT2D eigenvalue weighted by atomic mass is 9.93. The third-order valence-corrected chi connectivity index (χ3v) is 12.9. The Labute approximate surface area is 384 Å². The van der Waals surface area contributed by atoms with Gasteiger partial charge in [-0.05, 0) is 144 Å². The molecule has 0 aliphatic heterocycles. The Morgan fingerprint density at radius 1 is 0.242 bits per heavy atom. The van der Waals surface area contributed by atoms with Gasteiger partial charge in [-0.1, -0.05) is 194 Å². The third-order valence-electron chi connectivity index (χ3n) is 12.9. The summed E-state index contributed by atoms with van der Waals surface area (Å²) >= 11 is 0. The number of rotatable bonds is 9. The molecule has 0 bridgehead atoms. The second-order valence-electron chi connectivity index (χ2n) is 16.9. The molecule has 0 atom stereocenters. The molecule has 0 saturated heterocycles. The van der Waals surface area contributed by atoms with Crippen molar-refractivity contribution in [3.05, 3.63) is 261 Å².